The Labute approximate surface area is 114 Å². The third-order valence-corrected chi connectivity index (χ3v) is 3.27. The van der Waals surface area contributed by atoms with E-state index in [1.807, 2.05) is 6.07 Å². The number of hydrogen-bond acceptors (Lipinski definition) is 6. The summed E-state index contributed by atoms with van der Waals surface area (Å²) in [6, 6.07) is 1.83. The molecular formula is C12H13N7O. The first-order chi connectivity index (χ1) is 9.92. The SMILES string of the molecule is c1cc(-c2nc(C3CNCCO3)c3nc[nH]c3n2)n[nH]1. The molecule has 8 heteroatoms. The van der Waals surface area contributed by atoms with Crippen molar-refractivity contribution < 1.29 is 4.74 Å². The number of nitrogens with zero attached hydrogens (tertiary/aromatic N) is 4. The zero-order chi connectivity index (χ0) is 13.4. The monoisotopic (exact) mass is 271 g/mol. The molecule has 1 saturated heterocycles. The molecule has 4 rings (SSSR count). The van der Waals surface area contributed by atoms with Crippen LogP contribution in [0.1, 0.15) is 11.8 Å². The summed E-state index contributed by atoms with van der Waals surface area (Å²) in [5, 5.41) is 10.2. The van der Waals surface area contributed by atoms with E-state index in [9.17, 15) is 0 Å². The van der Waals surface area contributed by atoms with Crippen LogP contribution in [0.3, 0.4) is 0 Å². The van der Waals surface area contributed by atoms with Crippen molar-refractivity contribution in [1.29, 1.82) is 0 Å². The van der Waals surface area contributed by atoms with E-state index in [4.69, 9.17) is 4.74 Å². The number of aromatic nitrogens is 6. The van der Waals surface area contributed by atoms with Gasteiger partial charge in [-0.3, -0.25) is 5.10 Å². The molecule has 3 N–H and O–H groups in total. The van der Waals surface area contributed by atoms with Crippen LogP contribution < -0.4 is 5.32 Å². The number of ether oxygens (including phenoxy) is 1. The highest BCUT2D eigenvalue weighted by molar-refractivity contribution is 5.75. The van der Waals surface area contributed by atoms with Gasteiger partial charge in [0.2, 0.25) is 0 Å². The minimum Gasteiger partial charge on any atom is -0.369 e. The Hall–Kier alpha value is -2.32. The minimum atomic E-state index is -0.116. The maximum absolute atomic E-state index is 5.78. The quantitative estimate of drug-likeness (QED) is 0.623. The summed E-state index contributed by atoms with van der Waals surface area (Å²) in [6.45, 7) is 2.24. The van der Waals surface area contributed by atoms with Crippen molar-refractivity contribution >= 4 is 11.2 Å². The van der Waals surface area contributed by atoms with Crippen molar-refractivity contribution in [2.45, 2.75) is 6.10 Å². The number of imidazole rings is 1. The van der Waals surface area contributed by atoms with Gasteiger partial charge in [0, 0.05) is 19.3 Å². The van der Waals surface area contributed by atoms with Crippen LogP contribution in [0, 0.1) is 0 Å². The van der Waals surface area contributed by atoms with Gasteiger partial charge >= 0.3 is 0 Å². The summed E-state index contributed by atoms with van der Waals surface area (Å²) in [4.78, 5) is 16.4. The van der Waals surface area contributed by atoms with E-state index < -0.39 is 0 Å². The Bertz CT molecular complexity index is 715. The molecule has 3 aromatic heterocycles. The van der Waals surface area contributed by atoms with E-state index in [0.29, 0.717) is 23.8 Å². The van der Waals surface area contributed by atoms with E-state index >= 15 is 0 Å². The van der Waals surface area contributed by atoms with Gasteiger partial charge < -0.3 is 15.0 Å². The highest BCUT2D eigenvalue weighted by Gasteiger charge is 2.23. The molecular weight excluding hydrogens is 258 g/mol. The zero-order valence-electron chi connectivity index (χ0n) is 10.6. The second-order valence-corrected chi connectivity index (χ2v) is 4.56. The lowest BCUT2D eigenvalue weighted by Crippen LogP contribution is -2.34. The molecule has 0 amide bonds. The van der Waals surface area contributed by atoms with Crippen molar-refractivity contribution in [3.63, 3.8) is 0 Å². The van der Waals surface area contributed by atoms with Crippen LogP contribution >= 0.6 is 0 Å². The van der Waals surface area contributed by atoms with E-state index in [2.05, 4.69) is 35.5 Å². The molecule has 0 saturated carbocycles. The first-order valence-corrected chi connectivity index (χ1v) is 6.45. The van der Waals surface area contributed by atoms with Gasteiger partial charge in [0.25, 0.3) is 0 Å². The zero-order valence-corrected chi connectivity index (χ0v) is 10.6. The van der Waals surface area contributed by atoms with Gasteiger partial charge in [0.1, 0.15) is 23.0 Å². The summed E-state index contributed by atoms with van der Waals surface area (Å²) in [6.07, 6.45) is 3.25. The summed E-state index contributed by atoms with van der Waals surface area (Å²) in [7, 11) is 0. The first kappa shape index (κ1) is 11.5. The molecule has 4 heterocycles. The number of fused-ring (bicyclic) bond motifs is 1. The van der Waals surface area contributed by atoms with Crippen molar-refractivity contribution in [3.05, 3.63) is 24.3 Å². The molecule has 1 aliphatic heterocycles. The maximum atomic E-state index is 5.78. The molecule has 1 unspecified atom stereocenters. The fraction of sp³-hybridized carbons (Fsp3) is 0.333. The molecule has 102 valence electrons. The van der Waals surface area contributed by atoms with Crippen molar-refractivity contribution in [3.8, 4) is 11.5 Å². The van der Waals surface area contributed by atoms with E-state index in [1.165, 1.54) is 0 Å². The fourth-order valence-electron chi connectivity index (χ4n) is 2.32. The third-order valence-electron chi connectivity index (χ3n) is 3.27. The Morgan fingerprint density at radius 3 is 3.10 bits per heavy atom. The summed E-state index contributed by atoms with van der Waals surface area (Å²) in [5.41, 5.74) is 2.94. The van der Waals surface area contributed by atoms with Crippen LogP contribution in [0.25, 0.3) is 22.7 Å². The predicted octanol–water partition coefficient (Wildman–Crippen LogP) is 0.404. The lowest BCUT2D eigenvalue weighted by atomic mass is 10.2. The molecule has 1 fully saturated rings. The van der Waals surface area contributed by atoms with Crippen LogP contribution in [-0.4, -0.2) is 49.8 Å². The Kier molecular flexibility index (Phi) is 2.68. The van der Waals surface area contributed by atoms with Crippen LogP contribution in [0.4, 0.5) is 0 Å². The summed E-state index contributed by atoms with van der Waals surface area (Å²) >= 11 is 0. The molecule has 1 atom stereocenters. The number of aromatic amines is 2. The normalized spacial score (nSPS) is 19.5. The van der Waals surface area contributed by atoms with Gasteiger partial charge in [-0.2, -0.15) is 5.10 Å². The van der Waals surface area contributed by atoms with Gasteiger partial charge in [-0.05, 0) is 6.07 Å². The largest absolute Gasteiger partial charge is 0.369 e. The highest BCUT2D eigenvalue weighted by atomic mass is 16.5. The standard InChI is InChI=1S/C12H13N7O/c1-2-16-19-7(1)11-17-9(8-5-13-3-4-20-8)10-12(18-11)15-6-14-10/h1-2,6,8,13H,3-5H2,(H,16,19)(H,14,15,17,18). The van der Waals surface area contributed by atoms with Crippen LogP contribution in [-0.2, 0) is 4.74 Å². The molecule has 0 bridgehead atoms. The third kappa shape index (κ3) is 1.86. The average molecular weight is 271 g/mol. The molecule has 0 spiro atoms. The second kappa shape index (κ2) is 4.66. The number of nitrogens with one attached hydrogen (secondary N) is 3. The van der Waals surface area contributed by atoms with Gasteiger partial charge in [-0.1, -0.05) is 0 Å². The lowest BCUT2D eigenvalue weighted by Gasteiger charge is -2.23. The molecule has 1 aliphatic rings. The van der Waals surface area contributed by atoms with E-state index in [1.54, 1.807) is 12.5 Å². The van der Waals surface area contributed by atoms with Crippen LogP contribution in [0.5, 0.6) is 0 Å². The Morgan fingerprint density at radius 1 is 1.30 bits per heavy atom. The number of hydrogen-bond donors (Lipinski definition) is 3. The average Bonchev–Trinajstić information content (AvgIpc) is 3.18. The highest BCUT2D eigenvalue weighted by Crippen LogP contribution is 2.25. The number of H-pyrrole nitrogens is 2. The minimum absolute atomic E-state index is 0.116. The Morgan fingerprint density at radius 2 is 2.30 bits per heavy atom. The lowest BCUT2D eigenvalue weighted by molar-refractivity contribution is 0.0259. The van der Waals surface area contributed by atoms with Gasteiger partial charge in [0.15, 0.2) is 11.5 Å². The summed E-state index contributed by atoms with van der Waals surface area (Å²) < 4.78 is 5.78. The van der Waals surface area contributed by atoms with Gasteiger partial charge in [0.05, 0.1) is 12.9 Å². The molecule has 0 aromatic carbocycles. The Balaban J connectivity index is 1.86. The molecule has 0 aliphatic carbocycles. The second-order valence-electron chi connectivity index (χ2n) is 4.56. The first-order valence-electron chi connectivity index (χ1n) is 6.45. The number of morpholine rings is 1. The smallest absolute Gasteiger partial charge is 0.182 e. The van der Waals surface area contributed by atoms with Crippen LogP contribution in [0.2, 0.25) is 0 Å². The molecule has 3 aromatic rings. The van der Waals surface area contributed by atoms with Gasteiger partial charge in [-0.15, -0.1) is 0 Å². The van der Waals surface area contributed by atoms with Crippen molar-refractivity contribution in [2.24, 2.45) is 0 Å². The van der Waals surface area contributed by atoms with E-state index in [-0.39, 0.29) is 6.10 Å². The maximum Gasteiger partial charge on any atom is 0.182 e. The summed E-state index contributed by atoms with van der Waals surface area (Å²) in [5.74, 6) is 0.562. The molecule has 20 heavy (non-hydrogen) atoms. The van der Waals surface area contributed by atoms with Crippen molar-refractivity contribution in [2.75, 3.05) is 19.7 Å². The molecule has 0 radical (unpaired) electrons. The van der Waals surface area contributed by atoms with Crippen molar-refractivity contribution in [1.82, 2.24) is 35.5 Å². The van der Waals surface area contributed by atoms with Gasteiger partial charge in [-0.25, -0.2) is 15.0 Å². The van der Waals surface area contributed by atoms with Crippen LogP contribution in [0.15, 0.2) is 18.6 Å². The predicted molar refractivity (Wildman–Crippen MR) is 70.8 cm³/mol. The topological polar surface area (TPSA) is 104 Å². The molecule has 8 nitrogen and oxygen atoms in total. The van der Waals surface area contributed by atoms with E-state index in [0.717, 1.165) is 24.3 Å². The fourth-order valence-corrected chi connectivity index (χ4v) is 2.32. The number of rotatable bonds is 2.